The van der Waals surface area contributed by atoms with Gasteiger partial charge in [-0.05, 0) is 29.7 Å². The second-order valence-corrected chi connectivity index (χ2v) is 5.58. The Morgan fingerprint density at radius 2 is 2.00 bits per heavy atom. The molecule has 2 rings (SSSR count). The number of carbonyl (C=O) groups is 2. The van der Waals surface area contributed by atoms with Crippen LogP contribution in [0.4, 0.5) is 0 Å². The number of carboxylic acid groups (broad SMARTS) is 1. The number of benzene rings is 1. The first kappa shape index (κ1) is 16.7. The fourth-order valence-corrected chi connectivity index (χ4v) is 2.25. The van der Waals surface area contributed by atoms with Crippen molar-refractivity contribution in [2.75, 3.05) is 0 Å². The average molecular weight is 315 g/mol. The number of carbonyl (C=O) groups excluding carboxylic acids is 1. The van der Waals surface area contributed by atoms with Crippen LogP contribution in [0.25, 0.3) is 0 Å². The molecular weight excluding hydrogens is 294 g/mol. The summed E-state index contributed by atoms with van der Waals surface area (Å²) in [5.41, 5.74) is 1.46. The van der Waals surface area contributed by atoms with Gasteiger partial charge in [-0.1, -0.05) is 32.4 Å². The lowest BCUT2D eigenvalue weighted by Crippen LogP contribution is -2.45. The van der Waals surface area contributed by atoms with Crippen molar-refractivity contribution in [2.45, 2.75) is 32.9 Å². The van der Waals surface area contributed by atoms with Gasteiger partial charge in [0.05, 0.1) is 6.54 Å². The molecule has 0 saturated carbocycles. The van der Waals surface area contributed by atoms with Gasteiger partial charge in [0, 0.05) is 18.0 Å². The smallest absolute Gasteiger partial charge is 0.326 e. The third-order valence-corrected chi connectivity index (χ3v) is 3.89. The van der Waals surface area contributed by atoms with E-state index in [1.807, 2.05) is 38.2 Å². The average Bonchev–Trinajstić information content (AvgIpc) is 3.05. The molecule has 23 heavy (non-hydrogen) atoms. The zero-order valence-electron chi connectivity index (χ0n) is 13.3. The highest BCUT2D eigenvalue weighted by atomic mass is 16.4. The van der Waals surface area contributed by atoms with Crippen LogP contribution < -0.4 is 5.32 Å². The van der Waals surface area contributed by atoms with E-state index in [2.05, 4.69) is 10.4 Å². The maximum atomic E-state index is 12.2. The summed E-state index contributed by atoms with van der Waals surface area (Å²) in [6.45, 7) is 4.34. The SMILES string of the molecule is CCC(C)C(NC(=O)c1ccc(Cn2cccn2)cc1)C(=O)O. The second kappa shape index (κ2) is 7.58. The van der Waals surface area contributed by atoms with E-state index in [1.165, 1.54) is 0 Å². The van der Waals surface area contributed by atoms with Gasteiger partial charge in [0.25, 0.3) is 5.91 Å². The first-order chi connectivity index (χ1) is 11.0. The minimum absolute atomic E-state index is 0.129. The van der Waals surface area contributed by atoms with Crippen molar-refractivity contribution in [1.82, 2.24) is 15.1 Å². The molecule has 2 N–H and O–H groups in total. The summed E-state index contributed by atoms with van der Waals surface area (Å²) in [5, 5.41) is 16.0. The van der Waals surface area contributed by atoms with Crippen molar-refractivity contribution < 1.29 is 14.7 Å². The lowest BCUT2D eigenvalue weighted by atomic mass is 9.99. The van der Waals surface area contributed by atoms with Crippen molar-refractivity contribution in [2.24, 2.45) is 5.92 Å². The Hall–Kier alpha value is -2.63. The van der Waals surface area contributed by atoms with Gasteiger partial charge in [0.15, 0.2) is 0 Å². The van der Waals surface area contributed by atoms with E-state index in [9.17, 15) is 14.7 Å². The number of aromatic nitrogens is 2. The second-order valence-electron chi connectivity index (χ2n) is 5.58. The normalized spacial score (nSPS) is 13.3. The lowest BCUT2D eigenvalue weighted by molar-refractivity contribution is -0.140. The van der Waals surface area contributed by atoms with Gasteiger partial charge in [-0.2, -0.15) is 5.10 Å². The van der Waals surface area contributed by atoms with Crippen molar-refractivity contribution in [3.8, 4) is 0 Å². The van der Waals surface area contributed by atoms with Crippen LogP contribution in [0.3, 0.4) is 0 Å². The van der Waals surface area contributed by atoms with Crippen LogP contribution in [0.15, 0.2) is 42.7 Å². The van der Waals surface area contributed by atoms with E-state index in [1.54, 1.807) is 23.0 Å². The van der Waals surface area contributed by atoms with Crippen molar-refractivity contribution in [1.29, 1.82) is 0 Å². The Balaban J connectivity index is 2.03. The molecule has 0 aliphatic carbocycles. The maximum absolute atomic E-state index is 12.2. The Morgan fingerprint density at radius 3 is 2.52 bits per heavy atom. The highest BCUT2D eigenvalue weighted by Crippen LogP contribution is 2.11. The van der Waals surface area contributed by atoms with Gasteiger partial charge in [0.2, 0.25) is 0 Å². The van der Waals surface area contributed by atoms with Gasteiger partial charge >= 0.3 is 5.97 Å². The van der Waals surface area contributed by atoms with Gasteiger partial charge in [-0.15, -0.1) is 0 Å². The van der Waals surface area contributed by atoms with Gasteiger partial charge in [-0.3, -0.25) is 9.48 Å². The maximum Gasteiger partial charge on any atom is 0.326 e. The molecule has 0 aliphatic heterocycles. The summed E-state index contributed by atoms with van der Waals surface area (Å²) < 4.78 is 1.79. The first-order valence-corrected chi connectivity index (χ1v) is 7.61. The molecule has 0 aliphatic rings. The topological polar surface area (TPSA) is 84.2 Å². The van der Waals surface area contributed by atoms with E-state index in [0.717, 1.165) is 5.56 Å². The molecule has 1 aromatic heterocycles. The zero-order valence-corrected chi connectivity index (χ0v) is 13.3. The fraction of sp³-hybridized carbons (Fsp3) is 0.353. The predicted molar refractivity (Wildman–Crippen MR) is 86.1 cm³/mol. The van der Waals surface area contributed by atoms with Crippen LogP contribution in [0.5, 0.6) is 0 Å². The van der Waals surface area contributed by atoms with E-state index < -0.39 is 12.0 Å². The molecule has 1 amide bonds. The summed E-state index contributed by atoms with van der Waals surface area (Å²) in [6.07, 6.45) is 4.26. The Morgan fingerprint density at radius 1 is 1.30 bits per heavy atom. The highest BCUT2D eigenvalue weighted by molar-refractivity contribution is 5.96. The molecule has 2 unspecified atom stereocenters. The molecule has 2 atom stereocenters. The molecule has 0 radical (unpaired) electrons. The van der Waals surface area contributed by atoms with Gasteiger partial charge in [0.1, 0.15) is 6.04 Å². The minimum Gasteiger partial charge on any atom is -0.480 e. The van der Waals surface area contributed by atoms with Crippen LogP contribution in [0.1, 0.15) is 36.2 Å². The highest BCUT2D eigenvalue weighted by Gasteiger charge is 2.25. The number of aliphatic carboxylic acids is 1. The van der Waals surface area contributed by atoms with E-state index in [4.69, 9.17) is 0 Å². The third-order valence-electron chi connectivity index (χ3n) is 3.89. The molecule has 6 heteroatoms. The number of rotatable bonds is 7. The van der Waals surface area contributed by atoms with Crippen LogP contribution in [-0.4, -0.2) is 32.8 Å². The summed E-state index contributed by atoms with van der Waals surface area (Å²) in [7, 11) is 0. The Kier molecular flexibility index (Phi) is 5.51. The zero-order chi connectivity index (χ0) is 16.8. The van der Waals surface area contributed by atoms with Crippen LogP contribution in [0, 0.1) is 5.92 Å². The largest absolute Gasteiger partial charge is 0.480 e. The molecule has 0 saturated heterocycles. The molecule has 0 fully saturated rings. The summed E-state index contributed by atoms with van der Waals surface area (Å²) in [6, 6.07) is 8.05. The van der Waals surface area contributed by atoms with E-state index >= 15 is 0 Å². The lowest BCUT2D eigenvalue weighted by Gasteiger charge is -2.20. The monoisotopic (exact) mass is 315 g/mol. The Bertz CT molecular complexity index is 650. The standard InChI is InChI=1S/C17H21N3O3/c1-3-12(2)15(17(22)23)19-16(21)14-7-5-13(6-8-14)11-20-10-4-9-18-20/h4-10,12,15H,3,11H2,1-2H3,(H,19,21)(H,22,23). The van der Waals surface area contributed by atoms with Gasteiger partial charge < -0.3 is 10.4 Å². The van der Waals surface area contributed by atoms with Crippen molar-refractivity contribution in [3.63, 3.8) is 0 Å². The molecule has 122 valence electrons. The van der Waals surface area contributed by atoms with Crippen molar-refractivity contribution >= 4 is 11.9 Å². The fourth-order valence-electron chi connectivity index (χ4n) is 2.25. The van der Waals surface area contributed by atoms with Crippen LogP contribution in [-0.2, 0) is 11.3 Å². The molecule has 1 aromatic carbocycles. The summed E-state index contributed by atoms with van der Waals surface area (Å²) >= 11 is 0. The number of hydrogen-bond donors (Lipinski definition) is 2. The number of nitrogens with zero attached hydrogens (tertiary/aromatic N) is 2. The molecule has 0 bridgehead atoms. The van der Waals surface area contributed by atoms with Gasteiger partial charge in [-0.25, -0.2) is 4.79 Å². The third kappa shape index (κ3) is 4.42. The molecular formula is C17H21N3O3. The number of amides is 1. The van der Waals surface area contributed by atoms with E-state index in [0.29, 0.717) is 18.5 Å². The van der Waals surface area contributed by atoms with E-state index in [-0.39, 0.29) is 11.8 Å². The molecule has 0 spiro atoms. The quantitative estimate of drug-likeness (QED) is 0.820. The minimum atomic E-state index is -1.01. The number of nitrogens with one attached hydrogen (secondary N) is 1. The predicted octanol–water partition coefficient (Wildman–Crippen LogP) is 2.16. The molecule has 6 nitrogen and oxygen atoms in total. The van der Waals surface area contributed by atoms with Crippen LogP contribution >= 0.6 is 0 Å². The number of carboxylic acids is 1. The number of hydrogen-bond acceptors (Lipinski definition) is 3. The Labute approximate surface area is 135 Å². The summed E-state index contributed by atoms with van der Waals surface area (Å²) in [5.74, 6) is -1.51. The van der Waals surface area contributed by atoms with Crippen LogP contribution in [0.2, 0.25) is 0 Å². The van der Waals surface area contributed by atoms with Crippen molar-refractivity contribution in [3.05, 3.63) is 53.9 Å². The first-order valence-electron chi connectivity index (χ1n) is 7.61. The summed E-state index contributed by atoms with van der Waals surface area (Å²) in [4.78, 5) is 23.5. The molecule has 2 aromatic rings. The molecule has 1 heterocycles.